The SMILES string of the molecule is [CH2]C(C)=NNOC/C=C/Cl. The molecule has 0 fully saturated rings. The third-order valence-electron chi connectivity index (χ3n) is 0.570. The van der Waals surface area contributed by atoms with Crippen molar-refractivity contribution in [3.05, 3.63) is 18.5 Å². The number of hydrogen-bond donors (Lipinski definition) is 1. The maximum atomic E-state index is 5.21. The molecule has 3 nitrogen and oxygen atoms in total. The summed E-state index contributed by atoms with van der Waals surface area (Å²) in [6, 6.07) is 0. The summed E-state index contributed by atoms with van der Waals surface area (Å²) in [5.41, 5.74) is 4.37. The van der Waals surface area contributed by atoms with Gasteiger partial charge in [0.05, 0.1) is 6.61 Å². The Morgan fingerprint density at radius 3 is 3.10 bits per heavy atom. The standard InChI is InChI=1S/C6H10ClN2O/c1-6(2)8-9-10-5-3-4-7/h3-4,9H,1,5H2,2H3/b4-3+,8-6?. The fourth-order valence-corrected chi connectivity index (χ4v) is 0.305. The number of nitrogens with zero attached hydrogens (tertiary/aromatic N) is 1. The van der Waals surface area contributed by atoms with Gasteiger partial charge >= 0.3 is 0 Å². The first kappa shape index (κ1) is 9.46. The summed E-state index contributed by atoms with van der Waals surface area (Å²) in [5, 5.41) is 3.65. The molecule has 0 unspecified atom stereocenters. The summed E-state index contributed by atoms with van der Waals surface area (Å²) >= 11 is 5.21. The highest BCUT2D eigenvalue weighted by Crippen LogP contribution is 1.78. The summed E-state index contributed by atoms with van der Waals surface area (Å²) in [4.78, 5) is 4.74. The lowest BCUT2D eigenvalue weighted by atomic mass is 10.5. The van der Waals surface area contributed by atoms with Gasteiger partial charge in [0.15, 0.2) is 0 Å². The van der Waals surface area contributed by atoms with Crippen LogP contribution in [0, 0.1) is 6.92 Å². The van der Waals surface area contributed by atoms with Crippen LogP contribution in [-0.2, 0) is 4.84 Å². The lowest BCUT2D eigenvalue weighted by Gasteiger charge is -1.96. The zero-order valence-electron chi connectivity index (χ0n) is 5.80. The van der Waals surface area contributed by atoms with Crippen molar-refractivity contribution >= 4 is 17.3 Å². The van der Waals surface area contributed by atoms with Crippen molar-refractivity contribution in [1.29, 1.82) is 0 Å². The summed E-state index contributed by atoms with van der Waals surface area (Å²) in [7, 11) is 0. The smallest absolute Gasteiger partial charge is 0.0957 e. The Kier molecular flexibility index (Phi) is 6.22. The van der Waals surface area contributed by atoms with Crippen LogP contribution in [0.5, 0.6) is 0 Å². The molecule has 57 valence electrons. The maximum Gasteiger partial charge on any atom is 0.0957 e. The highest BCUT2D eigenvalue weighted by molar-refractivity contribution is 6.25. The molecule has 0 aliphatic rings. The number of halogens is 1. The third-order valence-corrected chi connectivity index (χ3v) is 0.748. The molecule has 0 bridgehead atoms. The maximum absolute atomic E-state index is 5.21. The van der Waals surface area contributed by atoms with E-state index in [-0.39, 0.29) is 0 Å². The van der Waals surface area contributed by atoms with E-state index in [1.807, 2.05) is 0 Å². The predicted molar refractivity (Wildman–Crippen MR) is 42.5 cm³/mol. The molecular weight excluding hydrogens is 152 g/mol. The number of rotatable bonds is 4. The van der Waals surface area contributed by atoms with Crippen molar-refractivity contribution < 1.29 is 4.84 Å². The molecule has 0 aliphatic carbocycles. The van der Waals surface area contributed by atoms with Gasteiger partial charge in [-0.1, -0.05) is 11.6 Å². The molecule has 10 heavy (non-hydrogen) atoms. The Bertz CT molecular complexity index is 130. The minimum absolute atomic E-state index is 0.389. The van der Waals surface area contributed by atoms with E-state index in [2.05, 4.69) is 17.6 Å². The zero-order chi connectivity index (χ0) is 7.82. The Balaban J connectivity index is 3.13. The van der Waals surface area contributed by atoms with Crippen molar-refractivity contribution in [2.24, 2.45) is 5.10 Å². The summed E-state index contributed by atoms with van der Waals surface area (Å²) in [6.45, 7) is 5.67. The van der Waals surface area contributed by atoms with Gasteiger partial charge < -0.3 is 0 Å². The molecule has 1 N–H and O–H groups in total. The van der Waals surface area contributed by atoms with Gasteiger partial charge in [0, 0.05) is 11.2 Å². The lowest BCUT2D eigenvalue weighted by molar-refractivity contribution is 0.0651. The molecule has 0 saturated heterocycles. The monoisotopic (exact) mass is 161 g/mol. The second-order valence-electron chi connectivity index (χ2n) is 1.61. The second kappa shape index (κ2) is 6.58. The average molecular weight is 162 g/mol. The Morgan fingerprint density at radius 1 is 1.90 bits per heavy atom. The molecule has 0 spiro atoms. The van der Waals surface area contributed by atoms with Gasteiger partial charge in [0.25, 0.3) is 0 Å². The highest BCUT2D eigenvalue weighted by Gasteiger charge is 1.77. The molecule has 0 rings (SSSR count). The van der Waals surface area contributed by atoms with E-state index in [9.17, 15) is 0 Å². The topological polar surface area (TPSA) is 33.6 Å². The van der Waals surface area contributed by atoms with Gasteiger partial charge in [-0.15, -0.1) is 0 Å². The predicted octanol–water partition coefficient (Wildman–Crippen LogP) is 1.47. The minimum atomic E-state index is 0.389. The van der Waals surface area contributed by atoms with Crippen LogP contribution >= 0.6 is 11.6 Å². The van der Waals surface area contributed by atoms with E-state index in [0.717, 1.165) is 0 Å². The largest absolute Gasteiger partial charge is 0.255 e. The van der Waals surface area contributed by atoms with E-state index in [1.165, 1.54) is 5.54 Å². The number of hydrogen-bond acceptors (Lipinski definition) is 3. The van der Waals surface area contributed by atoms with Gasteiger partial charge in [-0.3, -0.25) is 4.84 Å². The molecule has 0 aromatic carbocycles. The van der Waals surface area contributed by atoms with E-state index < -0.39 is 0 Å². The van der Waals surface area contributed by atoms with E-state index in [4.69, 9.17) is 16.4 Å². The minimum Gasteiger partial charge on any atom is -0.255 e. The summed E-state index contributed by atoms with van der Waals surface area (Å²) in [6.07, 6.45) is 1.64. The van der Waals surface area contributed by atoms with Crippen LogP contribution in [0.1, 0.15) is 6.92 Å². The van der Waals surface area contributed by atoms with Gasteiger partial charge in [-0.2, -0.15) is 10.7 Å². The van der Waals surface area contributed by atoms with E-state index >= 15 is 0 Å². The molecule has 0 saturated carbocycles. The Morgan fingerprint density at radius 2 is 2.60 bits per heavy atom. The van der Waals surface area contributed by atoms with Crippen LogP contribution in [-0.4, -0.2) is 12.3 Å². The van der Waals surface area contributed by atoms with Crippen molar-refractivity contribution in [3.8, 4) is 0 Å². The lowest BCUT2D eigenvalue weighted by Crippen LogP contribution is -2.08. The molecule has 1 radical (unpaired) electrons. The first-order valence-electron chi connectivity index (χ1n) is 2.75. The van der Waals surface area contributed by atoms with Gasteiger partial charge in [0.1, 0.15) is 0 Å². The summed E-state index contributed by atoms with van der Waals surface area (Å²) < 4.78 is 0. The van der Waals surface area contributed by atoms with Crippen molar-refractivity contribution in [2.45, 2.75) is 6.92 Å². The van der Waals surface area contributed by atoms with Crippen LogP contribution in [0.4, 0.5) is 0 Å². The van der Waals surface area contributed by atoms with Crippen LogP contribution in [0.15, 0.2) is 16.7 Å². The van der Waals surface area contributed by atoms with Crippen molar-refractivity contribution in [3.63, 3.8) is 0 Å². The average Bonchev–Trinajstić information content (AvgIpc) is 1.87. The zero-order valence-corrected chi connectivity index (χ0v) is 6.56. The summed E-state index contributed by atoms with van der Waals surface area (Å²) in [5.74, 6) is 0. The molecule has 0 amide bonds. The Labute approximate surface area is 65.7 Å². The van der Waals surface area contributed by atoms with Crippen molar-refractivity contribution in [2.75, 3.05) is 6.61 Å². The van der Waals surface area contributed by atoms with E-state index in [1.54, 1.807) is 13.0 Å². The third kappa shape index (κ3) is 7.46. The molecule has 0 aromatic heterocycles. The highest BCUT2D eigenvalue weighted by atomic mass is 35.5. The first-order valence-corrected chi connectivity index (χ1v) is 3.19. The fourth-order valence-electron chi connectivity index (χ4n) is 0.232. The molecular formula is C6H10ClN2O. The van der Waals surface area contributed by atoms with E-state index in [0.29, 0.717) is 12.3 Å². The fraction of sp³-hybridized carbons (Fsp3) is 0.333. The molecule has 0 aliphatic heterocycles. The Hall–Kier alpha value is -0.540. The number of hydrazone groups is 1. The molecule has 0 heterocycles. The van der Waals surface area contributed by atoms with Crippen molar-refractivity contribution in [1.82, 2.24) is 5.59 Å². The second-order valence-corrected chi connectivity index (χ2v) is 1.86. The molecule has 0 aromatic rings. The van der Waals surface area contributed by atoms with Gasteiger partial charge in [0.2, 0.25) is 0 Å². The van der Waals surface area contributed by atoms with Crippen LogP contribution < -0.4 is 5.59 Å². The van der Waals surface area contributed by atoms with Crippen LogP contribution in [0.3, 0.4) is 0 Å². The van der Waals surface area contributed by atoms with Gasteiger partial charge in [-0.25, -0.2) is 0 Å². The quantitative estimate of drug-likeness (QED) is 0.385. The first-order chi connectivity index (χ1) is 4.77. The molecule has 0 atom stereocenters. The van der Waals surface area contributed by atoms with Gasteiger partial charge in [-0.05, 0) is 19.9 Å². The number of nitrogens with one attached hydrogen (secondary N) is 1. The van der Waals surface area contributed by atoms with Crippen LogP contribution in [0.2, 0.25) is 0 Å². The molecule has 4 heteroatoms. The normalized spacial score (nSPS) is 12.5. The van der Waals surface area contributed by atoms with Crippen LogP contribution in [0.25, 0.3) is 0 Å².